The van der Waals surface area contributed by atoms with E-state index >= 15 is 0 Å². The molecule has 4 aromatic rings. The molecule has 5 nitrogen and oxygen atoms in total. The monoisotopic (exact) mass is 449 g/mol. The van der Waals surface area contributed by atoms with Gasteiger partial charge < -0.3 is 4.90 Å². The van der Waals surface area contributed by atoms with Crippen LogP contribution < -0.4 is 4.90 Å². The number of pyridine rings is 2. The van der Waals surface area contributed by atoms with Crippen molar-refractivity contribution in [2.75, 3.05) is 11.2 Å². The van der Waals surface area contributed by atoms with Crippen molar-refractivity contribution in [1.82, 2.24) is 9.97 Å². The largest absolute Gasteiger partial charge is 0.330 e. The summed E-state index contributed by atoms with van der Waals surface area (Å²) in [6.45, 7) is 0. The van der Waals surface area contributed by atoms with Crippen LogP contribution in [0.2, 0.25) is 5.02 Å². The number of halogens is 1. The average molecular weight is 450 g/mol. The summed E-state index contributed by atoms with van der Waals surface area (Å²) in [5, 5.41) is 0.618. The third kappa shape index (κ3) is 4.76. The normalized spacial score (nSPS) is 11.5. The van der Waals surface area contributed by atoms with Crippen molar-refractivity contribution in [2.24, 2.45) is 0 Å². The first-order valence-electron chi connectivity index (χ1n) is 9.58. The molecule has 0 amide bonds. The predicted molar refractivity (Wildman–Crippen MR) is 123 cm³/mol. The van der Waals surface area contributed by atoms with Crippen molar-refractivity contribution in [3.8, 4) is 0 Å². The van der Waals surface area contributed by atoms with Crippen LogP contribution in [0.4, 0.5) is 11.4 Å². The zero-order valence-corrected chi connectivity index (χ0v) is 18.3. The number of nitrogens with zero attached hydrogens (tertiary/aromatic N) is 3. The first-order valence-corrected chi connectivity index (χ1v) is 11.9. The molecule has 0 saturated carbocycles. The van der Waals surface area contributed by atoms with Gasteiger partial charge in [-0.1, -0.05) is 29.8 Å². The van der Waals surface area contributed by atoms with Gasteiger partial charge in [-0.3, -0.25) is 9.97 Å². The van der Waals surface area contributed by atoms with Crippen LogP contribution in [0.25, 0.3) is 0 Å². The molecule has 0 unspecified atom stereocenters. The van der Waals surface area contributed by atoms with Crippen LogP contribution >= 0.6 is 11.6 Å². The molecule has 0 atom stereocenters. The first-order chi connectivity index (χ1) is 14.9. The van der Waals surface area contributed by atoms with Crippen molar-refractivity contribution in [1.29, 1.82) is 0 Å². The van der Waals surface area contributed by atoms with Gasteiger partial charge in [0.05, 0.1) is 10.9 Å². The Kier molecular flexibility index (Phi) is 6.02. The molecule has 0 aliphatic heterocycles. The maximum Gasteiger partial charge on any atom is 0.175 e. The van der Waals surface area contributed by atoms with E-state index in [1.165, 1.54) is 6.26 Å². The van der Waals surface area contributed by atoms with Gasteiger partial charge in [0.2, 0.25) is 0 Å². The summed E-state index contributed by atoms with van der Waals surface area (Å²) in [5.41, 5.74) is 3.46. The van der Waals surface area contributed by atoms with E-state index < -0.39 is 9.84 Å². The van der Waals surface area contributed by atoms with Crippen LogP contribution in [0, 0.1) is 0 Å². The average Bonchev–Trinajstić information content (AvgIpc) is 2.79. The number of sulfone groups is 1. The number of aromatic nitrogens is 2. The highest BCUT2D eigenvalue weighted by Crippen LogP contribution is 2.39. The van der Waals surface area contributed by atoms with Crippen LogP contribution in [0.1, 0.15) is 17.2 Å². The summed E-state index contributed by atoms with van der Waals surface area (Å²) in [5.74, 6) is 0. The Labute approximate surface area is 186 Å². The van der Waals surface area contributed by atoms with Gasteiger partial charge in [0.15, 0.2) is 9.84 Å². The Morgan fingerprint density at radius 3 is 1.94 bits per heavy atom. The molecule has 2 heterocycles. The molecular weight excluding hydrogens is 430 g/mol. The van der Waals surface area contributed by atoms with Crippen LogP contribution in [0.15, 0.2) is 102 Å². The van der Waals surface area contributed by atoms with E-state index in [2.05, 4.69) is 14.9 Å². The molecule has 0 aliphatic carbocycles. The Hall–Kier alpha value is -3.22. The van der Waals surface area contributed by atoms with Gasteiger partial charge in [-0.25, -0.2) is 8.42 Å². The van der Waals surface area contributed by atoms with Gasteiger partial charge in [-0.15, -0.1) is 0 Å². The molecule has 0 radical (unpaired) electrons. The van der Waals surface area contributed by atoms with Gasteiger partial charge in [0.1, 0.15) is 0 Å². The molecule has 0 spiro atoms. The highest BCUT2D eigenvalue weighted by atomic mass is 35.5. The van der Waals surface area contributed by atoms with Gasteiger partial charge in [0, 0.05) is 47.4 Å². The molecule has 156 valence electrons. The van der Waals surface area contributed by atoms with E-state index in [1.807, 2.05) is 54.6 Å². The summed E-state index contributed by atoms with van der Waals surface area (Å²) >= 11 is 6.14. The topological polar surface area (TPSA) is 63.2 Å². The molecule has 0 fully saturated rings. The summed E-state index contributed by atoms with van der Waals surface area (Å²) in [6.07, 6.45) is 8.27. The highest BCUT2D eigenvalue weighted by molar-refractivity contribution is 7.90. The smallest absolute Gasteiger partial charge is 0.175 e. The number of rotatable bonds is 6. The lowest BCUT2D eigenvalue weighted by Gasteiger charge is -2.34. The van der Waals surface area contributed by atoms with E-state index in [-0.39, 0.29) is 10.9 Å². The SMILES string of the molecule is CS(=O)(=O)c1cccc(N(c2ccc(Cl)cc2)C(c2cccnc2)c2cccnc2)c1. The quantitative estimate of drug-likeness (QED) is 0.391. The third-order valence-electron chi connectivity index (χ3n) is 4.89. The van der Waals surface area contributed by atoms with Crippen molar-refractivity contribution in [3.05, 3.63) is 114 Å². The van der Waals surface area contributed by atoms with E-state index in [0.717, 1.165) is 22.5 Å². The Morgan fingerprint density at radius 1 is 0.806 bits per heavy atom. The second kappa shape index (κ2) is 8.88. The van der Waals surface area contributed by atoms with E-state index in [9.17, 15) is 8.42 Å². The van der Waals surface area contributed by atoms with E-state index in [1.54, 1.807) is 43.0 Å². The number of benzene rings is 2. The van der Waals surface area contributed by atoms with Crippen molar-refractivity contribution >= 4 is 32.8 Å². The minimum absolute atomic E-state index is 0.250. The molecule has 0 bridgehead atoms. The lowest BCUT2D eigenvalue weighted by molar-refractivity contribution is 0.602. The molecule has 31 heavy (non-hydrogen) atoms. The summed E-state index contributed by atoms with van der Waals surface area (Å²) in [6, 6.07) is 21.8. The third-order valence-corrected chi connectivity index (χ3v) is 6.25. The highest BCUT2D eigenvalue weighted by Gasteiger charge is 2.26. The zero-order chi connectivity index (χ0) is 21.8. The summed E-state index contributed by atoms with van der Waals surface area (Å²) in [4.78, 5) is 10.9. The first kappa shape index (κ1) is 21.0. The van der Waals surface area contributed by atoms with Crippen molar-refractivity contribution in [3.63, 3.8) is 0 Å². The van der Waals surface area contributed by atoms with Gasteiger partial charge in [-0.2, -0.15) is 0 Å². The molecule has 2 aromatic carbocycles. The van der Waals surface area contributed by atoms with Crippen LogP contribution in [0.3, 0.4) is 0 Å². The zero-order valence-electron chi connectivity index (χ0n) is 16.8. The molecule has 7 heteroatoms. The van der Waals surface area contributed by atoms with Gasteiger partial charge in [-0.05, 0) is 65.7 Å². The van der Waals surface area contributed by atoms with Crippen LogP contribution in [0.5, 0.6) is 0 Å². The van der Waals surface area contributed by atoms with Crippen LogP contribution in [-0.4, -0.2) is 24.6 Å². The maximum atomic E-state index is 12.2. The molecule has 2 aromatic heterocycles. The second-order valence-corrected chi connectivity index (χ2v) is 9.54. The lowest BCUT2D eigenvalue weighted by Crippen LogP contribution is -2.25. The minimum atomic E-state index is -3.38. The second-order valence-electron chi connectivity index (χ2n) is 7.09. The van der Waals surface area contributed by atoms with E-state index in [4.69, 9.17) is 11.6 Å². The lowest BCUT2D eigenvalue weighted by atomic mass is 9.98. The number of hydrogen-bond donors (Lipinski definition) is 0. The van der Waals surface area contributed by atoms with Crippen LogP contribution in [-0.2, 0) is 9.84 Å². The van der Waals surface area contributed by atoms with Crippen molar-refractivity contribution < 1.29 is 8.42 Å². The Bertz CT molecular complexity index is 1230. The summed E-state index contributed by atoms with van der Waals surface area (Å²) in [7, 11) is -3.38. The number of hydrogen-bond acceptors (Lipinski definition) is 5. The number of anilines is 2. The van der Waals surface area contributed by atoms with E-state index in [0.29, 0.717) is 5.02 Å². The van der Waals surface area contributed by atoms with Gasteiger partial charge >= 0.3 is 0 Å². The molecule has 0 saturated heterocycles. The summed E-state index contributed by atoms with van der Waals surface area (Å²) < 4.78 is 24.5. The molecular formula is C24H20ClN3O2S. The minimum Gasteiger partial charge on any atom is -0.330 e. The Balaban J connectivity index is 1.97. The molecule has 4 rings (SSSR count). The molecule has 0 N–H and O–H groups in total. The standard InChI is InChI=1S/C24H20ClN3O2S/c1-31(29,30)23-8-2-7-22(15-23)28(21-11-9-20(25)10-12-21)24(18-5-3-13-26-16-18)19-6-4-14-27-17-19/h2-17,24H,1H3. The maximum absolute atomic E-state index is 12.2. The molecule has 0 aliphatic rings. The van der Waals surface area contributed by atoms with Crippen molar-refractivity contribution in [2.45, 2.75) is 10.9 Å². The predicted octanol–water partition coefficient (Wildman–Crippen LogP) is 5.46. The fourth-order valence-electron chi connectivity index (χ4n) is 3.48. The Morgan fingerprint density at radius 2 is 1.42 bits per heavy atom. The fourth-order valence-corrected chi connectivity index (χ4v) is 4.27. The van der Waals surface area contributed by atoms with Gasteiger partial charge in [0.25, 0.3) is 0 Å². The fraction of sp³-hybridized carbons (Fsp3) is 0.0833.